The Kier molecular flexibility index (Phi) is 17.9. The molecule has 2 aliphatic heterocycles. The maximum atomic E-state index is 13.6. The van der Waals surface area contributed by atoms with Gasteiger partial charge in [-0.2, -0.15) is 0 Å². The number of sulfonamides is 1. The average Bonchev–Trinajstić information content (AvgIpc) is 3.30. The van der Waals surface area contributed by atoms with Gasteiger partial charge in [0, 0.05) is 117 Å². The van der Waals surface area contributed by atoms with E-state index in [1.807, 2.05) is 54.6 Å². The van der Waals surface area contributed by atoms with E-state index in [-0.39, 0.29) is 45.7 Å². The standard InChI is InChI=1S/C51H65ClN8O5S2.ClH/c1-51(37-58-27-24-53-25-28-58)23-21-47(38-11-15-41(52)16-12-38)40(34-51)35-57-29-31-59(32-30-57)44-17-13-39(14-18-44)50(61)55-67(64,65)46-19-20-48(49(33-46)60(62)63)54-42(22-26-56(2)43-7-6-8-43)36-66-45-9-4-3-5-10-45;/h3-5,9-20,33,42-43,53-54H,6-8,21-32,34-37H2,1-2H3,(H,55,61);1H. The summed E-state index contributed by atoms with van der Waals surface area (Å²) in [5.41, 5.74) is 5.45. The topological polar surface area (TPSA) is 143 Å². The van der Waals surface area contributed by atoms with Crippen LogP contribution in [-0.4, -0.2) is 131 Å². The first-order valence-corrected chi connectivity index (χ1v) is 26.6. The van der Waals surface area contributed by atoms with E-state index in [1.165, 1.54) is 48.1 Å². The maximum absolute atomic E-state index is 13.6. The molecule has 366 valence electrons. The van der Waals surface area contributed by atoms with Crippen LogP contribution in [0.15, 0.2) is 112 Å². The van der Waals surface area contributed by atoms with Crippen LogP contribution in [0.3, 0.4) is 0 Å². The summed E-state index contributed by atoms with van der Waals surface area (Å²) >= 11 is 7.97. The van der Waals surface area contributed by atoms with E-state index >= 15 is 0 Å². The summed E-state index contributed by atoms with van der Waals surface area (Å²) in [6.07, 6.45) is 7.63. The summed E-state index contributed by atoms with van der Waals surface area (Å²) in [6.45, 7) is 13.0. The number of hydrogen-bond acceptors (Lipinski definition) is 12. The number of halogens is 2. The molecule has 2 saturated heterocycles. The second kappa shape index (κ2) is 23.6. The first-order valence-electron chi connectivity index (χ1n) is 23.8. The zero-order valence-electron chi connectivity index (χ0n) is 39.2. The smallest absolute Gasteiger partial charge is 0.293 e. The summed E-state index contributed by atoms with van der Waals surface area (Å²) < 4.78 is 29.3. The second-order valence-electron chi connectivity index (χ2n) is 19.1. The molecule has 2 aliphatic carbocycles. The lowest BCUT2D eigenvalue weighted by Crippen LogP contribution is -2.49. The Bertz CT molecular complexity index is 2470. The molecule has 1 amide bonds. The summed E-state index contributed by atoms with van der Waals surface area (Å²) in [4.78, 5) is 35.8. The normalized spacial score (nSPS) is 20.1. The van der Waals surface area contributed by atoms with Gasteiger partial charge < -0.3 is 25.3 Å². The van der Waals surface area contributed by atoms with Crippen molar-refractivity contribution in [3.05, 3.63) is 129 Å². The zero-order chi connectivity index (χ0) is 47.0. The lowest BCUT2D eigenvalue weighted by atomic mass is 9.71. The molecule has 8 rings (SSSR count). The highest BCUT2D eigenvalue weighted by molar-refractivity contribution is 7.99. The lowest BCUT2D eigenvalue weighted by Gasteiger charge is -2.43. The van der Waals surface area contributed by atoms with Gasteiger partial charge in [-0.1, -0.05) is 60.9 Å². The fourth-order valence-electron chi connectivity index (χ4n) is 9.96. The monoisotopic (exact) mass is 1000 g/mol. The van der Waals surface area contributed by atoms with Crippen molar-refractivity contribution in [2.75, 3.05) is 95.0 Å². The number of allylic oxidation sites excluding steroid dienone is 1. The molecule has 2 heterocycles. The van der Waals surface area contributed by atoms with Gasteiger partial charge >= 0.3 is 0 Å². The van der Waals surface area contributed by atoms with Crippen molar-refractivity contribution in [3.8, 4) is 0 Å². The third-order valence-corrected chi connectivity index (χ3v) is 16.9. The first-order chi connectivity index (χ1) is 32.3. The molecule has 0 spiro atoms. The molecule has 0 radical (unpaired) electrons. The summed E-state index contributed by atoms with van der Waals surface area (Å²) in [7, 11) is -2.32. The van der Waals surface area contributed by atoms with Crippen LogP contribution < -0.4 is 20.3 Å². The van der Waals surface area contributed by atoms with Gasteiger partial charge in [0.25, 0.3) is 21.6 Å². The fourth-order valence-corrected chi connectivity index (χ4v) is 12.1. The van der Waals surface area contributed by atoms with E-state index in [9.17, 15) is 23.3 Å². The molecule has 2 atom stereocenters. The Labute approximate surface area is 418 Å². The molecule has 0 bridgehead atoms. The highest BCUT2D eigenvalue weighted by Crippen LogP contribution is 2.44. The van der Waals surface area contributed by atoms with Gasteiger partial charge in [0.2, 0.25) is 0 Å². The first kappa shape index (κ1) is 51.7. The van der Waals surface area contributed by atoms with Crippen LogP contribution >= 0.6 is 35.8 Å². The number of rotatable bonds is 19. The average molecular weight is 1010 g/mol. The summed E-state index contributed by atoms with van der Waals surface area (Å²) in [5, 5.41) is 20.0. The molecule has 2 unspecified atom stereocenters. The van der Waals surface area contributed by atoms with E-state index in [1.54, 1.807) is 23.9 Å². The zero-order valence-corrected chi connectivity index (χ0v) is 42.4. The number of nitro groups is 1. The Balaban J connectivity index is 0.00000684. The largest absolute Gasteiger partial charge is 0.376 e. The Morgan fingerprint density at radius 3 is 2.32 bits per heavy atom. The van der Waals surface area contributed by atoms with Crippen LogP contribution in [-0.2, 0) is 10.0 Å². The minimum Gasteiger partial charge on any atom is -0.376 e. The molecule has 13 nitrogen and oxygen atoms in total. The van der Waals surface area contributed by atoms with Gasteiger partial charge in [-0.25, -0.2) is 13.1 Å². The number of amides is 1. The molecule has 4 aliphatic rings. The van der Waals surface area contributed by atoms with Gasteiger partial charge in [0.15, 0.2) is 0 Å². The van der Waals surface area contributed by atoms with E-state index in [0.717, 1.165) is 119 Å². The van der Waals surface area contributed by atoms with Gasteiger partial charge in [0.1, 0.15) is 5.69 Å². The minimum absolute atomic E-state index is 0. The number of nitro benzene ring substituents is 1. The van der Waals surface area contributed by atoms with Crippen LogP contribution in [0.1, 0.15) is 67.8 Å². The van der Waals surface area contributed by atoms with Crippen molar-refractivity contribution in [1.29, 1.82) is 0 Å². The van der Waals surface area contributed by atoms with Crippen molar-refractivity contribution >= 4 is 74.3 Å². The van der Waals surface area contributed by atoms with Gasteiger partial charge in [0.05, 0.1) is 9.82 Å². The number of nitrogens with zero attached hydrogens (tertiary/aromatic N) is 5. The van der Waals surface area contributed by atoms with E-state index < -0.39 is 20.9 Å². The SMILES string of the molecule is CN(CCC(CSc1ccccc1)Nc1ccc(S(=O)(=O)NC(=O)c2ccc(N3CCN(CC4=C(c5ccc(Cl)cc5)CCC(C)(CN5CCNCC5)C4)CC3)cc2)cc1[N+](=O)[O-])C1CCC1.Cl. The van der Waals surface area contributed by atoms with E-state index in [4.69, 9.17) is 11.6 Å². The number of anilines is 2. The third-order valence-electron chi connectivity index (χ3n) is 14.1. The van der Waals surface area contributed by atoms with E-state index in [0.29, 0.717) is 11.8 Å². The molecule has 3 N–H and O–H groups in total. The van der Waals surface area contributed by atoms with Crippen molar-refractivity contribution in [2.24, 2.45) is 5.41 Å². The maximum Gasteiger partial charge on any atom is 0.293 e. The number of nitrogens with one attached hydrogen (secondary N) is 3. The summed E-state index contributed by atoms with van der Waals surface area (Å²) in [5.74, 6) is -0.149. The third kappa shape index (κ3) is 13.6. The highest BCUT2D eigenvalue weighted by atomic mass is 35.5. The number of benzene rings is 4. The molecule has 17 heteroatoms. The van der Waals surface area contributed by atoms with Crippen LogP contribution in [0.2, 0.25) is 5.02 Å². The number of hydrogen-bond donors (Lipinski definition) is 3. The van der Waals surface area contributed by atoms with Gasteiger partial charge in [-0.15, -0.1) is 24.2 Å². The molecule has 4 aromatic carbocycles. The molecule has 1 saturated carbocycles. The number of thioether (sulfide) groups is 1. The van der Waals surface area contributed by atoms with Crippen LogP contribution in [0.25, 0.3) is 5.57 Å². The van der Waals surface area contributed by atoms with Crippen molar-refractivity contribution in [2.45, 2.75) is 73.7 Å². The second-order valence-corrected chi connectivity index (χ2v) is 22.3. The van der Waals surface area contributed by atoms with Crippen LogP contribution in [0.4, 0.5) is 17.1 Å². The number of carbonyl (C=O) groups is 1. The Hall–Kier alpha value is -4.19. The molecule has 4 aromatic rings. The number of piperazine rings is 2. The van der Waals surface area contributed by atoms with Crippen LogP contribution in [0, 0.1) is 15.5 Å². The van der Waals surface area contributed by atoms with Gasteiger partial charge in [-0.3, -0.25) is 19.8 Å². The quantitative estimate of drug-likeness (QED) is 0.0469. The highest BCUT2D eigenvalue weighted by Gasteiger charge is 2.35. The fraction of sp³-hybridized carbons (Fsp3) is 0.471. The van der Waals surface area contributed by atoms with Crippen molar-refractivity contribution in [3.63, 3.8) is 0 Å². The Morgan fingerprint density at radius 2 is 1.66 bits per heavy atom. The minimum atomic E-state index is -4.44. The molecule has 3 fully saturated rings. The number of carbonyl (C=O) groups excluding carboxylic acids is 1. The van der Waals surface area contributed by atoms with Crippen molar-refractivity contribution in [1.82, 2.24) is 24.7 Å². The van der Waals surface area contributed by atoms with Crippen LogP contribution in [0.5, 0.6) is 0 Å². The van der Waals surface area contributed by atoms with E-state index in [2.05, 4.69) is 61.1 Å². The van der Waals surface area contributed by atoms with Gasteiger partial charge in [-0.05, 0) is 123 Å². The molecular formula is C51H66Cl2N8O5S2. The lowest BCUT2D eigenvalue weighted by molar-refractivity contribution is -0.384. The molecule has 0 aromatic heterocycles. The molecule has 68 heavy (non-hydrogen) atoms. The predicted molar refractivity (Wildman–Crippen MR) is 279 cm³/mol. The van der Waals surface area contributed by atoms with Crippen molar-refractivity contribution < 1.29 is 18.1 Å². The summed E-state index contributed by atoms with van der Waals surface area (Å²) in [6, 6.07) is 29.5. The predicted octanol–water partition coefficient (Wildman–Crippen LogP) is 8.91. The molecular weight excluding hydrogens is 940 g/mol. The Morgan fingerprint density at radius 1 is 0.956 bits per heavy atom.